The standard InChI is InChI=1S/C10H11F6O3/c11-9(12,13)8(18,10(14,15)16)7(19-6-17)4-2-1-3-5-7/h18H,1-5H2. The summed E-state index contributed by atoms with van der Waals surface area (Å²) in [6, 6.07) is 0. The van der Waals surface area contributed by atoms with Crippen LogP contribution in [0.25, 0.3) is 0 Å². The molecule has 0 bridgehead atoms. The summed E-state index contributed by atoms with van der Waals surface area (Å²) in [5.74, 6) is 0. The molecule has 1 saturated carbocycles. The Kier molecular flexibility index (Phi) is 4.09. The van der Waals surface area contributed by atoms with E-state index in [0.717, 1.165) is 0 Å². The molecular weight excluding hydrogens is 282 g/mol. The van der Waals surface area contributed by atoms with Crippen LogP contribution in [0.1, 0.15) is 32.1 Å². The molecule has 0 atom stereocenters. The molecule has 0 aliphatic heterocycles. The van der Waals surface area contributed by atoms with Crippen molar-refractivity contribution in [2.24, 2.45) is 0 Å². The number of carbonyl (C=O) groups excluding carboxylic acids is 1. The number of aliphatic hydroxyl groups is 1. The molecule has 0 unspecified atom stereocenters. The third kappa shape index (κ3) is 2.39. The maximum atomic E-state index is 12.8. The van der Waals surface area contributed by atoms with Crippen LogP contribution in [0.15, 0.2) is 0 Å². The summed E-state index contributed by atoms with van der Waals surface area (Å²) in [5, 5.41) is 9.34. The van der Waals surface area contributed by atoms with Crippen molar-refractivity contribution in [3.05, 3.63) is 0 Å². The van der Waals surface area contributed by atoms with Gasteiger partial charge in [-0.1, -0.05) is 6.42 Å². The van der Waals surface area contributed by atoms with E-state index in [4.69, 9.17) is 0 Å². The summed E-state index contributed by atoms with van der Waals surface area (Å²) in [4.78, 5) is 10.2. The molecule has 0 aromatic carbocycles. The number of rotatable bonds is 3. The highest BCUT2D eigenvalue weighted by Gasteiger charge is 2.80. The van der Waals surface area contributed by atoms with E-state index >= 15 is 0 Å². The molecule has 1 rings (SSSR count). The summed E-state index contributed by atoms with van der Waals surface area (Å²) in [7, 11) is 0. The van der Waals surface area contributed by atoms with E-state index in [1.807, 2.05) is 0 Å². The highest BCUT2D eigenvalue weighted by molar-refractivity contribution is 5.41. The van der Waals surface area contributed by atoms with Gasteiger partial charge in [0.05, 0.1) is 0 Å². The first-order chi connectivity index (χ1) is 8.52. The number of alkyl halides is 6. The molecule has 0 aromatic rings. The highest BCUT2D eigenvalue weighted by Crippen LogP contribution is 2.55. The van der Waals surface area contributed by atoms with Gasteiger partial charge in [-0.05, 0) is 25.7 Å². The Balaban J connectivity index is 3.38. The van der Waals surface area contributed by atoms with E-state index in [9.17, 15) is 36.2 Å². The van der Waals surface area contributed by atoms with E-state index in [2.05, 4.69) is 4.74 Å². The molecule has 0 amide bonds. The predicted molar refractivity (Wildman–Crippen MR) is 49.7 cm³/mol. The Morgan fingerprint density at radius 1 is 0.947 bits per heavy atom. The topological polar surface area (TPSA) is 46.5 Å². The number of halogens is 6. The van der Waals surface area contributed by atoms with E-state index < -0.39 is 36.4 Å². The molecule has 19 heavy (non-hydrogen) atoms. The molecule has 1 N–H and O–H groups in total. The first kappa shape index (κ1) is 16.1. The molecule has 111 valence electrons. The molecule has 1 aliphatic rings. The monoisotopic (exact) mass is 293 g/mol. The molecule has 0 spiro atoms. The van der Waals surface area contributed by atoms with Gasteiger partial charge in [-0.2, -0.15) is 26.3 Å². The maximum Gasteiger partial charge on any atom is 0.430 e. The van der Waals surface area contributed by atoms with Crippen LogP contribution < -0.4 is 0 Å². The molecular formula is C10H11F6O3. The Morgan fingerprint density at radius 3 is 1.68 bits per heavy atom. The lowest BCUT2D eigenvalue weighted by atomic mass is 9.71. The van der Waals surface area contributed by atoms with Gasteiger partial charge >= 0.3 is 18.8 Å². The van der Waals surface area contributed by atoms with Crippen molar-refractivity contribution in [3.8, 4) is 0 Å². The van der Waals surface area contributed by atoms with Crippen LogP contribution in [0.5, 0.6) is 0 Å². The Labute approximate surface area is 104 Å². The normalized spacial score (nSPS) is 21.0. The Morgan fingerprint density at radius 2 is 1.37 bits per heavy atom. The molecule has 0 saturated heterocycles. The van der Waals surface area contributed by atoms with Gasteiger partial charge in [0.1, 0.15) is 0 Å². The summed E-state index contributed by atoms with van der Waals surface area (Å²) < 4.78 is 80.6. The van der Waals surface area contributed by atoms with Crippen molar-refractivity contribution in [2.75, 3.05) is 0 Å². The largest absolute Gasteiger partial charge is 0.447 e. The second kappa shape index (κ2) is 4.84. The van der Waals surface area contributed by atoms with Crippen molar-refractivity contribution in [2.45, 2.75) is 55.7 Å². The van der Waals surface area contributed by atoms with Gasteiger partial charge in [0.2, 0.25) is 0 Å². The molecule has 1 radical (unpaired) electrons. The van der Waals surface area contributed by atoms with Gasteiger partial charge in [0.25, 0.3) is 5.60 Å². The van der Waals surface area contributed by atoms with Crippen LogP contribution in [0.3, 0.4) is 0 Å². The second-order valence-electron chi connectivity index (χ2n) is 4.45. The summed E-state index contributed by atoms with van der Waals surface area (Å²) >= 11 is 0. The fourth-order valence-corrected chi connectivity index (χ4v) is 2.42. The number of ether oxygens (including phenoxy) is 1. The van der Waals surface area contributed by atoms with Gasteiger partial charge in [-0.3, -0.25) is 0 Å². The van der Waals surface area contributed by atoms with Crippen LogP contribution in [-0.2, 0) is 9.53 Å². The Hall–Kier alpha value is -0.990. The average molecular weight is 293 g/mol. The fourth-order valence-electron chi connectivity index (χ4n) is 2.42. The third-order valence-corrected chi connectivity index (χ3v) is 3.38. The van der Waals surface area contributed by atoms with Crippen LogP contribution in [0.2, 0.25) is 0 Å². The van der Waals surface area contributed by atoms with Crippen molar-refractivity contribution >= 4 is 6.47 Å². The SMILES string of the molecule is O=[C]OC1(C(O)(C(F)(F)F)C(F)(F)F)CCCCC1. The minimum atomic E-state index is -6.01. The number of hydrogen-bond donors (Lipinski definition) is 1. The van der Waals surface area contributed by atoms with Gasteiger partial charge < -0.3 is 9.84 Å². The first-order valence-electron chi connectivity index (χ1n) is 5.43. The smallest absolute Gasteiger partial charge is 0.430 e. The van der Waals surface area contributed by atoms with Crippen LogP contribution in [-0.4, -0.2) is 35.1 Å². The summed E-state index contributed by atoms with van der Waals surface area (Å²) in [6.07, 6.45) is -13.1. The molecule has 3 nitrogen and oxygen atoms in total. The quantitative estimate of drug-likeness (QED) is 0.814. The van der Waals surface area contributed by atoms with Crippen LogP contribution in [0, 0.1) is 0 Å². The maximum absolute atomic E-state index is 12.8. The third-order valence-electron chi connectivity index (χ3n) is 3.38. The average Bonchev–Trinajstić information content (AvgIpc) is 2.26. The first-order valence-corrected chi connectivity index (χ1v) is 5.43. The highest BCUT2D eigenvalue weighted by atomic mass is 19.4. The van der Waals surface area contributed by atoms with E-state index in [1.54, 1.807) is 0 Å². The van der Waals surface area contributed by atoms with Gasteiger partial charge in [-0.25, -0.2) is 4.79 Å². The molecule has 0 aromatic heterocycles. The summed E-state index contributed by atoms with van der Waals surface area (Å²) in [6.45, 7) is 0.618. The molecule has 9 heteroatoms. The van der Waals surface area contributed by atoms with Crippen LogP contribution >= 0.6 is 0 Å². The van der Waals surface area contributed by atoms with Gasteiger partial charge in [-0.15, -0.1) is 0 Å². The fraction of sp³-hybridized carbons (Fsp3) is 0.900. The van der Waals surface area contributed by atoms with Crippen molar-refractivity contribution in [3.63, 3.8) is 0 Å². The predicted octanol–water partition coefficient (Wildman–Crippen LogP) is 2.63. The van der Waals surface area contributed by atoms with Crippen molar-refractivity contribution in [1.29, 1.82) is 0 Å². The summed E-state index contributed by atoms with van der Waals surface area (Å²) in [5.41, 5.74) is -8.16. The lowest BCUT2D eigenvalue weighted by molar-refractivity contribution is -0.413. The van der Waals surface area contributed by atoms with Crippen molar-refractivity contribution in [1.82, 2.24) is 0 Å². The van der Waals surface area contributed by atoms with E-state index in [-0.39, 0.29) is 12.8 Å². The molecule has 1 fully saturated rings. The molecule has 0 heterocycles. The zero-order valence-electron chi connectivity index (χ0n) is 9.57. The lowest BCUT2D eigenvalue weighted by Gasteiger charge is -2.48. The molecule has 1 aliphatic carbocycles. The zero-order valence-corrected chi connectivity index (χ0v) is 9.57. The van der Waals surface area contributed by atoms with Gasteiger partial charge in [0, 0.05) is 0 Å². The van der Waals surface area contributed by atoms with E-state index in [0.29, 0.717) is 12.9 Å². The minimum Gasteiger partial charge on any atom is -0.447 e. The lowest BCUT2D eigenvalue weighted by Crippen LogP contribution is -2.72. The van der Waals surface area contributed by atoms with Crippen molar-refractivity contribution < 1.29 is 41.0 Å². The minimum absolute atomic E-state index is 0.0177. The second-order valence-corrected chi connectivity index (χ2v) is 4.45. The number of hydrogen-bond acceptors (Lipinski definition) is 3. The van der Waals surface area contributed by atoms with E-state index in [1.165, 1.54) is 0 Å². The Bertz CT molecular complexity index is 315. The van der Waals surface area contributed by atoms with Gasteiger partial charge in [0.15, 0.2) is 5.60 Å². The van der Waals surface area contributed by atoms with Crippen LogP contribution in [0.4, 0.5) is 26.3 Å². The zero-order chi connectivity index (χ0) is 14.9.